The number of carbonyl (C=O) groups is 1. The van der Waals surface area contributed by atoms with Gasteiger partial charge in [0.15, 0.2) is 0 Å². The van der Waals surface area contributed by atoms with Crippen LogP contribution in [0.3, 0.4) is 0 Å². The van der Waals surface area contributed by atoms with E-state index in [9.17, 15) is 4.79 Å². The van der Waals surface area contributed by atoms with Crippen LogP contribution < -0.4 is 4.74 Å². The van der Waals surface area contributed by atoms with E-state index >= 15 is 0 Å². The van der Waals surface area contributed by atoms with E-state index < -0.39 is 5.97 Å². The van der Waals surface area contributed by atoms with Crippen LogP contribution in [-0.4, -0.2) is 17.7 Å². The molecule has 0 atom stereocenters. The van der Waals surface area contributed by atoms with Gasteiger partial charge in [0.05, 0.1) is 12.7 Å². The highest BCUT2D eigenvalue weighted by molar-refractivity contribution is 5.91. The minimum atomic E-state index is -0.987. The Kier molecular flexibility index (Phi) is 3.24. The summed E-state index contributed by atoms with van der Waals surface area (Å²) in [4.78, 5) is 11.1. The first-order chi connectivity index (χ1) is 8.56. The van der Waals surface area contributed by atoms with Crippen molar-refractivity contribution in [3.8, 4) is 11.8 Å². The average Bonchev–Trinajstić information content (AvgIpc) is 3.08. The summed E-state index contributed by atoms with van der Waals surface area (Å²) in [5.41, 5.74) is 1.02. The summed E-state index contributed by atoms with van der Waals surface area (Å²) in [6.45, 7) is 2.26. The van der Waals surface area contributed by atoms with Gasteiger partial charge in [-0.25, -0.2) is 4.79 Å². The zero-order chi connectivity index (χ0) is 13.2. The van der Waals surface area contributed by atoms with E-state index in [1.165, 1.54) is 0 Å². The zero-order valence-corrected chi connectivity index (χ0v) is 10.3. The van der Waals surface area contributed by atoms with E-state index in [1.807, 2.05) is 13.0 Å². The number of nitrogens with zero attached hydrogens (tertiary/aromatic N) is 1. The summed E-state index contributed by atoms with van der Waals surface area (Å²) < 4.78 is 5.60. The maximum absolute atomic E-state index is 11.1. The SMILES string of the molecule is Cc1ccc(OCC2(CC#N)CC2)c(C(=O)O)c1. The van der Waals surface area contributed by atoms with Crippen molar-refractivity contribution in [3.05, 3.63) is 29.3 Å². The lowest BCUT2D eigenvalue weighted by molar-refractivity contribution is 0.0690. The highest BCUT2D eigenvalue weighted by Crippen LogP contribution is 2.48. The van der Waals surface area contributed by atoms with Gasteiger partial charge < -0.3 is 9.84 Å². The molecule has 1 fully saturated rings. The number of aromatic carboxylic acids is 1. The molecule has 1 aliphatic rings. The van der Waals surface area contributed by atoms with Crippen molar-refractivity contribution < 1.29 is 14.6 Å². The summed E-state index contributed by atoms with van der Waals surface area (Å²) >= 11 is 0. The summed E-state index contributed by atoms with van der Waals surface area (Å²) in [5, 5.41) is 17.8. The molecule has 0 unspecified atom stereocenters. The normalized spacial score (nSPS) is 15.8. The first-order valence-corrected chi connectivity index (χ1v) is 5.90. The van der Waals surface area contributed by atoms with Crippen molar-refractivity contribution in [1.29, 1.82) is 5.26 Å². The van der Waals surface area contributed by atoms with Crippen molar-refractivity contribution >= 4 is 5.97 Å². The minimum Gasteiger partial charge on any atom is -0.492 e. The van der Waals surface area contributed by atoms with Gasteiger partial charge in [0.1, 0.15) is 11.3 Å². The molecule has 1 saturated carbocycles. The van der Waals surface area contributed by atoms with Gasteiger partial charge in [-0.15, -0.1) is 0 Å². The number of ether oxygens (including phenoxy) is 1. The van der Waals surface area contributed by atoms with E-state index in [0.717, 1.165) is 18.4 Å². The predicted octanol–water partition coefficient (Wildman–Crippen LogP) is 2.77. The van der Waals surface area contributed by atoms with E-state index in [2.05, 4.69) is 6.07 Å². The van der Waals surface area contributed by atoms with Crippen molar-refractivity contribution in [1.82, 2.24) is 0 Å². The van der Waals surface area contributed by atoms with Crippen LogP contribution in [0.25, 0.3) is 0 Å². The lowest BCUT2D eigenvalue weighted by Gasteiger charge is -2.14. The Hall–Kier alpha value is -2.02. The third-order valence-electron chi connectivity index (χ3n) is 3.31. The predicted molar refractivity (Wildman–Crippen MR) is 65.5 cm³/mol. The Morgan fingerprint density at radius 3 is 2.83 bits per heavy atom. The molecule has 4 nitrogen and oxygen atoms in total. The van der Waals surface area contributed by atoms with E-state index in [-0.39, 0.29) is 11.0 Å². The third-order valence-corrected chi connectivity index (χ3v) is 3.31. The number of hydrogen-bond acceptors (Lipinski definition) is 3. The quantitative estimate of drug-likeness (QED) is 0.865. The lowest BCUT2D eigenvalue weighted by Crippen LogP contribution is -2.14. The lowest BCUT2D eigenvalue weighted by atomic mass is 10.1. The van der Waals surface area contributed by atoms with Crippen LogP contribution in [0, 0.1) is 23.7 Å². The van der Waals surface area contributed by atoms with Crippen LogP contribution in [0.1, 0.15) is 35.2 Å². The molecule has 1 aromatic rings. The van der Waals surface area contributed by atoms with Gasteiger partial charge >= 0.3 is 5.97 Å². The fourth-order valence-corrected chi connectivity index (χ4v) is 1.88. The molecule has 4 heteroatoms. The van der Waals surface area contributed by atoms with Gasteiger partial charge in [0.25, 0.3) is 0 Å². The van der Waals surface area contributed by atoms with Gasteiger partial charge in [-0.2, -0.15) is 5.26 Å². The van der Waals surface area contributed by atoms with Crippen molar-refractivity contribution in [2.24, 2.45) is 5.41 Å². The van der Waals surface area contributed by atoms with Gasteiger partial charge in [-0.05, 0) is 31.9 Å². The van der Waals surface area contributed by atoms with Crippen LogP contribution in [0.15, 0.2) is 18.2 Å². The topological polar surface area (TPSA) is 70.3 Å². The summed E-state index contributed by atoms with van der Waals surface area (Å²) in [6, 6.07) is 7.26. The molecule has 2 rings (SSSR count). The van der Waals surface area contributed by atoms with Gasteiger partial charge in [0, 0.05) is 11.8 Å². The Labute approximate surface area is 106 Å². The number of carboxylic acid groups (broad SMARTS) is 1. The first kappa shape index (κ1) is 12.4. The Bertz CT molecular complexity index is 512. The maximum Gasteiger partial charge on any atom is 0.339 e. The van der Waals surface area contributed by atoms with Crippen molar-refractivity contribution in [3.63, 3.8) is 0 Å². The fraction of sp³-hybridized carbons (Fsp3) is 0.429. The summed E-state index contributed by atoms with van der Waals surface area (Å²) in [7, 11) is 0. The fourth-order valence-electron chi connectivity index (χ4n) is 1.88. The first-order valence-electron chi connectivity index (χ1n) is 5.90. The largest absolute Gasteiger partial charge is 0.492 e. The average molecular weight is 245 g/mol. The van der Waals surface area contributed by atoms with Crippen LogP contribution >= 0.6 is 0 Å². The van der Waals surface area contributed by atoms with Crippen molar-refractivity contribution in [2.45, 2.75) is 26.2 Å². The molecular weight excluding hydrogens is 230 g/mol. The van der Waals surface area contributed by atoms with E-state index in [0.29, 0.717) is 18.8 Å². The molecule has 0 bridgehead atoms. The second-order valence-corrected chi connectivity index (χ2v) is 4.93. The standard InChI is InChI=1S/C14H15NO3/c1-10-2-3-12(11(8-10)13(16)17)18-9-14(4-5-14)6-7-15/h2-3,8H,4-6,9H2,1H3,(H,16,17). The molecule has 1 aromatic carbocycles. The molecule has 0 saturated heterocycles. The number of benzene rings is 1. The van der Waals surface area contributed by atoms with Crippen LogP contribution in [0.5, 0.6) is 5.75 Å². The number of carboxylic acids is 1. The number of hydrogen-bond donors (Lipinski definition) is 1. The molecule has 0 radical (unpaired) electrons. The van der Waals surface area contributed by atoms with Crippen LogP contribution in [-0.2, 0) is 0 Å². The molecule has 1 aliphatic carbocycles. The van der Waals surface area contributed by atoms with E-state index in [1.54, 1.807) is 12.1 Å². The Balaban J connectivity index is 2.10. The van der Waals surface area contributed by atoms with Crippen LogP contribution in [0.2, 0.25) is 0 Å². The number of aryl methyl sites for hydroxylation is 1. The number of nitriles is 1. The Morgan fingerprint density at radius 1 is 1.56 bits per heavy atom. The molecular formula is C14H15NO3. The van der Waals surface area contributed by atoms with Gasteiger partial charge in [-0.1, -0.05) is 11.6 Å². The van der Waals surface area contributed by atoms with Gasteiger partial charge in [-0.3, -0.25) is 0 Å². The second-order valence-electron chi connectivity index (χ2n) is 4.93. The molecule has 18 heavy (non-hydrogen) atoms. The monoisotopic (exact) mass is 245 g/mol. The zero-order valence-electron chi connectivity index (χ0n) is 10.3. The minimum absolute atomic E-state index is 0.0462. The van der Waals surface area contributed by atoms with Crippen molar-refractivity contribution in [2.75, 3.05) is 6.61 Å². The summed E-state index contributed by atoms with van der Waals surface area (Å²) in [6.07, 6.45) is 2.44. The molecule has 0 aliphatic heterocycles. The molecule has 0 heterocycles. The second kappa shape index (κ2) is 4.69. The molecule has 0 aromatic heterocycles. The molecule has 0 amide bonds. The Morgan fingerprint density at radius 2 is 2.28 bits per heavy atom. The maximum atomic E-state index is 11.1. The molecule has 94 valence electrons. The van der Waals surface area contributed by atoms with Gasteiger partial charge in [0.2, 0.25) is 0 Å². The molecule has 1 N–H and O–H groups in total. The third kappa shape index (κ3) is 2.62. The number of rotatable bonds is 5. The summed E-state index contributed by atoms with van der Waals surface area (Å²) in [5.74, 6) is -0.601. The molecule has 0 spiro atoms. The van der Waals surface area contributed by atoms with Crippen LogP contribution in [0.4, 0.5) is 0 Å². The smallest absolute Gasteiger partial charge is 0.339 e. The highest BCUT2D eigenvalue weighted by Gasteiger charge is 2.43. The highest BCUT2D eigenvalue weighted by atomic mass is 16.5. The van der Waals surface area contributed by atoms with E-state index in [4.69, 9.17) is 15.1 Å².